The van der Waals surface area contributed by atoms with E-state index in [1.807, 2.05) is 42.5 Å². The van der Waals surface area contributed by atoms with Crippen LogP contribution in [0.5, 0.6) is 5.75 Å². The molecular formula is C17H20N2O2. The minimum absolute atomic E-state index is 0.0414. The van der Waals surface area contributed by atoms with Crippen LogP contribution in [0.15, 0.2) is 54.6 Å². The maximum absolute atomic E-state index is 11.7. The van der Waals surface area contributed by atoms with Crippen molar-refractivity contribution in [2.45, 2.75) is 12.8 Å². The number of rotatable bonds is 7. The summed E-state index contributed by atoms with van der Waals surface area (Å²) in [5.74, 6) is 0.794. The molecule has 2 aromatic rings. The van der Waals surface area contributed by atoms with Crippen LogP contribution in [0, 0.1) is 0 Å². The number of amides is 1. The van der Waals surface area contributed by atoms with Crippen molar-refractivity contribution in [3.63, 3.8) is 0 Å². The third kappa shape index (κ3) is 5.57. The highest BCUT2D eigenvalue weighted by molar-refractivity contribution is 5.76. The molecule has 4 nitrogen and oxygen atoms in total. The summed E-state index contributed by atoms with van der Waals surface area (Å²) < 4.78 is 5.50. The van der Waals surface area contributed by atoms with E-state index in [9.17, 15) is 4.79 Å². The van der Waals surface area contributed by atoms with Gasteiger partial charge in [0.1, 0.15) is 12.4 Å². The average Bonchev–Trinajstić information content (AvgIpc) is 2.52. The second-order valence-electron chi connectivity index (χ2n) is 4.75. The van der Waals surface area contributed by atoms with Gasteiger partial charge >= 0.3 is 0 Å². The Bertz CT molecular complexity index is 553. The van der Waals surface area contributed by atoms with E-state index < -0.39 is 0 Å². The van der Waals surface area contributed by atoms with Crippen molar-refractivity contribution >= 4 is 11.6 Å². The van der Waals surface area contributed by atoms with E-state index >= 15 is 0 Å². The first-order valence-electron chi connectivity index (χ1n) is 7.03. The van der Waals surface area contributed by atoms with Crippen LogP contribution in [0.2, 0.25) is 0 Å². The van der Waals surface area contributed by atoms with E-state index in [1.54, 1.807) is 12.1 Å². The number of aryl methyl sites for hydroxylation is 1. The number of carbonyl (C=O) groups is 1. The van der Waals surface area contributed by atoms with Crippen molar-refractivity contribution in [2.75, 3.05) is 18.9 Å². The lowest BCUT2D eigenvalue weighted by molar-refractivity contribution is -0.121. The van der Waals surface area contributed by atoms with Crippen LogP contribution in [-0.4, -0.2) is 19.1 Å². The first-order chi connectivity index (χ1) is 10.2. The van der Waals surface area contributed by atoms with Gasteiger partial charge in [-0.3, -0.25) is 4.79 Å². The van der Waals surface area contributed by atoms with E-state index in [2.05, 4.69) is 5.32 Å². The number of carbonyl (C=O) groups excluding carboxylic acids is 1. The van der Waals surface area contributed by atoms with Gasteiger partial charge in [-0.2, -0.15) is 0 Å². The predicted octanol–water partition coefficient (Wildman–Crippen LogP) is 2.40. The van der Waals surface area contributed by atoms with Crippen LogP contribution in [0.3, 0.4) is 0 Å². The summed E-state index contributed by atoms with van der Waals surface area (Å²) in [6.07, 6.45) is 1.25. The van der Waals surface area contributed by atoms with Crippen molar-refractivity contribution in [3.8, 4) is 5.75 Å². The van der Waals surface area contributed by atoms with Gasteiger partial charge in [0.05, 0.1) is 6.54 Å². The fraction of sp³-hybridized carbons (Fsp3) is 0.235. The van der Waals surface area contributed by atoms with Gasteiger partial charge in [0.25, 0.3) is 0 Å². The van der Waals surface area contributed by atoms with E-state index in [4.69, 9.17) is 10.5 Å². The molecule has 0 saturated heterocycles. The van der Waals surface area contributed by atoms with E-state index in [0.29, 0.717) is 25.3 Å². The van der Waals surface area contributed by atoms with E-state index in [-0.39, 0.29) is 5.91 Å². The molecule has 0 saturated carbocycles. The van der Waals surface area contributed by atoms with Gasteiger partial charge in [0, 0.05) is 12.1 Å². The summed E-state index contributed by atoms with van der Waals surface area (Å²) in [6, 6.07) is 17.2. The fourth-order valence-corrected chi connectivity index (χ4v) is 1.91. The van der Waals surface area contributed by atoms with Crippen LogP contribution >= 0.6 is 0 Å². The highest BCUT2D eigenvalue weighted by Crippen LogP contribution is 2.12. The lowest BCUT2D eigenvalue weighted by atomic mass is 10.1. The van der Waals surface area contributed by atoms with Gasteiger partial charge in [0.15, 0.2) is 0 Å². The van der Waals surface area contributed by atoms with Crippen LogP contribution < -0.4 is 15.8 Å². The van der Waals surface area contributed by atoms with Gasteiger partial charge in [-0.15, -0.1) is 0 Å². The molecule has 0 atom stereocenters. The molecule has 2 rings (SSSR count). The monoisotopic (exact) mass is 284 g/mol. The quantitative estimate of drug-likeness (QED) is 0.606. The molecule has 0 aliphatic heterocycles. The zero-order chi connectivity index (χ0) is 14.9. The molecule has 0 aromatic heterocycles. The number of nitrogen functional groups attached to an aromatic ring is 1. The molecule has 0 aliphatic carbocycles. The smallest absolute Gasteiger partial charge is 0.220 e. The predicted molar refractivity (Wildman–Crippen MR) is 84.1 cm³/mol. The summed E-state index contributed by atoms with van der Waals surface area (Å²) in [4.78, 5) is 11.7. The lowest BCUT2D eigenvalue weighted by Crippen LogP contribution is -2.28. The second-order valence-corrected chi connectivity index (χ2v) is 4.75. The van der Waals surface area contributed by atoms with E-state index in [1.165, 1.54) is 5.56 Å². The molecule has 0 unspecified atom stereocenters. The summed E-state index contributed by atoms with van der Waals surface area (Å²) in [6.45, 7) is 0.943. The molecule has 2 aromatic carbocycles. The minimum Gasteiger partial charge on any atom is -0.492 e. The number of ether oxygens (including phenoxy) is 1. The first-order valence-corrected chi connectivity index (χ1v) is 7.03. The molecule has 21 heavy (non-hydrogen) atoms. The largest absolute Gasteiger partial charge is 0.492 e. The third-order valence-electron chi connectivity index (χ3n) is 3.06. The van der Waals surface area contributed by atoms with Crippen LogP contribution in [0.25, 0.3) is 0 Å². The summed E-state index contributed by atoms with van der Waals surface area (Å²) >= 11 is 0. The Morgan fingerprint density at radius 1 is 1.05 bits per heavy atom. The number of anilines is 1. The summed E-state index contributed by atoms with van der Waals surface area (Å²) in [7, 11) is 0. The molecule has 4 heteroatoms. The van der Waals surface area contributed by atoms with Crippen LogP contribution in [0.1, 0.15) is 12.0 Å². The standard InChI is InChI=1S/C17H20N2O2/c18-15-7-9-16(10-8-15)21-13-12-19-17(20)11-6-14-4-2-1-3-5-14/h1-5,7-10H,6,11-13,18H2,(H,19,20). The second kappa shape index (κ2) is 7.94. The number of benzene rings is 2. The highest BCUT2D eigenvalue weighted by Gasteiger charge is 2.01. The maximum atomic E-state index is 11.7. The minimum atomic E-state index is 0.0414. The topological polar surface area (TPSA) is 64.3 Å². The Morgan fingerprint density at radius 3 is 2.48 bits per heavy atom. The zero-order valence-electron chi connectivity index (χ0n) is 11.9. The Morgan fingerprint density at radius 2 is 1.76 bits per heavy atom. The van der Waals surface area contributed by atoms with E-state index in [0.717, 1.165) is 12.2 Å². The van der Waals surface area contributed by atoms with Crippen LogP contribution in [-0.2, 0) is 11.2 Å². The summed E-state index contributed by atoms with van der Waals surface area (Å²) in [5.41, 5.74) is 7.47. The number of hydrogen-bond donors (Lipinski definition) is 2. The summed E-state index contributed by atoms with van der Waals surface area (Å²) in [5, 5.41) is 2.85. The lowest BCUT2D eigenvalue weighted by Gasteiger charge is -2.08. The van der Waals surface area contributed by atoms with Crippen molar-refractivity contribution in [2.24, 2.45) is 0 Å². The number of nitrogens with one attached hydrogen (secondary N) is 1. The van der Waals surface area contributed by atoms with Gasteiger partial charge in [-0.05, 0) is 36.2 Å². The molecular weight excluding hydrogens is 264 g/mol. The third-order valence-corrected chi connectivity index (χ3v) is 3.06. The molecule has 0 aliphatic rings. The van der Waals surface area contributed by atoms with Crippen molar-refractivity contribution in [1.82, 2.24) is 5.32 Å². The molecule has 0 heterocycles. The molecule has 110 valence electrons. The van der Waals surface area contributed by atoms with Crippen LogP contribution in [0.4, 0.5) is 5.69 Å². The Kier molecular flexibility index (Phi) is 5.64. The van der Waals surface area contributed by atoms with Crippen molar-refractivity contribution in [3.05, 3.63) is 60.2 Å². The Hall–Kier alpha value is -2.49. The molecule has 1 amide bonds. The van der Waals surface area contributed by atoms with Gasteiger partial charge in [-0.25, -0.2) is 0 Å². The SMILES string of the molecule is Nc1ccc(OCCNC(=O)CCc2ccccc2)cc1. The first kappa shape index (κ1) is 14.9. The number of hydrogen-bond acceptors (Lipinski definition) is 3. The number of nitrogens with two attached hydrogens (primary N) is 1. The highest BCUT2D eigenvalue weighted by atomic mass is 16.5. The Balaban J connectivity index is 1.60. The molecule has 3 N–H and O–H groups in total. The molecule has 0 bridgehead atoms. The molecule has 0 spiro atoms. The Labute approximate surface area is 124 Å². The van der Waals surface area contributed by atoms with Gasteiger partial charge < -0.3 is 15.8 Å². The fourth-order valence-electron chi connectivity index (χ4n) is 1.91. The normalized spacial score (nSPS) is 10.1. The maximum Gasteiger partial charge on any atom is 0.220 e. The van der Waals surface area contributed by atoms with Crippen molar-refractivity contribution in [1.29, 1.82) is 0 Å². The average molecular weight is 284 g/mol. The molecule has 0 fully saturated rings. The van der Waals surface area contributed by atoms with Crippen molar-refractivity contribution < 1.29 is 9.53 Å². The molecule has 0 radical (unpaired) electrons. The zero-order valence-corrected chi connectivity index (χ0v) is 11.9. The van der Waals surface area contributed by atoms with Gasteiger partial charge in [-0.1, -0.05) is 30.3 Å². The van der Waals surface area contributed by atoms with Gasteiger partial charge in [0.2, 0.25) is 5.91 Å².